The Morgan fingerprint density at radius 1 is 1.11 bits per heavy atom. The minimum absolute atomic E-state index is 0.220. The van der Waals surface area contributed by atoms with Crippen LogP contribution in [0.1, 0.15) is 17.5 Å². The van der Waals surface area contributed by atoms with E-state index in [1.54, 1.807) is 20.4 Å². The van der Waals surface area contributed by atoms with Crippen molar-refractivity contribution in [3.63, 3.8) is 0 Å². The molecule has 6 nitrogen and oxygen atoms in total. The van der Waals surface area contributed by atoms with E-state index >= 15 is 0 Å². The first-order valence-corrected chi connectivity index (χ1v) is 9.29. The number of rotatable bonds is 7. The van der Waals surface area contributed by atoms with Gasteiger partial charge in [0.2, 0.25) is 5.91 Å². The monoisotopic (exact) mass is 369 g/mol. The van der Waals surface area contributed by atoms with Gasteiger partial charge in [0.1, 0.15) is 11.5 Å². The second kappa shape index (κ2) is 9.37. The number of piperazine rings is 1. The summed E-state index contributed by atoms with van der Waals surface area (Å²) in [6.45, 7) is 4.03. The number of carbonyl (C=O) groups excluding carboxylic acids is 1. The Bertz CT molecular complexity index is 744. The van der Waals surface area contributed by atoms with Crippen LogP contribution in [-0.2, 0) is 17.8 Å². The lowest BCUT2D eigenvalue weighted by Gasteiger charge is -2.35. The van der Waals surface area contributed by atoms with Crippen LogP contribution >= 0.6 is 0 Å². The third kappa shape index (κ3) is 5.20. The number of benzene rings is 1. The van der Waals surface area contributed by atoms with Crippen molar-refractivity contribution in [2.45, 2.75) is 19.4 Å². The van der Waals surface area contributed by atoms with Gasteiger partial charge in [-0.15, -0.1) is 0 Å². The molecule has 1 aliphatic rings. The van der Waals surface area contributed by atoms with Gasteiger partial charge in [0.15, 0.2) is 0 Å². The van der Waals surface area contributed by atoms with Crippen LogP contribution in [0.2, 0.25) is 0 Å². The smallest absolute Gasteiger partial charge is 0.222 e. The summed E-state index contributed by atoms with van der Waals surface area (Å²) < 4.78 is 10.8. The number of ether oxygens (including phenoxy) is 2. The normalized spacial score (nSPS) is 14.8. The number of aromatic nitrogens is 1. The van der Waals surface area contributed by atoms with Crippen molar-refractivity contribution >= 4 is 5.91 Å². The number of nitrogens with zero attached hydrogens (tertiary/aromatic N) is 3. The minimum atomic E-state index is 0.220. The molecule has 3 rings (SSSR count). The zero-order chi connectivity index (χ0) is 19.1. The van der Waals surface area contributed by atoms with Gasteiger partial charge in [-0.3, -0.25) is 14.7 Å². The molecule has 0 N–H and O–H groups in total. The van der Waals surface area contributed by atoms with E-state index in [0.29, 0.717) is 6.42 Å². The predicted octanol–water partition coefficient (Wildman–Crippen LogP) is 2.38. The molecule has 0 atom stereocenters. The minimum Gasteiger partial charge on any atom is -0.497 e. The van der Waals surface area contributed by atoms with Gasteiger partial charge in [-0.25, -0.2) is 0 Å². The van der Waals surface area contributed by atoms with E-state index in [1.165, 1.54) is 0 Å². The molecule has 144 valence electrons. The van der Waals surface area contributed by atoms with E-state index in [0.717, 1.165) is 61.8 Å². The number of methoxy groups -OCH3 is 2. The highest BCUT2D eigenvalue weighted by atomic mass is 16.5. The fraction of sp³-hybridized carbons (Fsp3) is 0.429. The van der Waals surface area contributed by atoms with Crippen molar-refractivity contribution < 1.29 is 14.3 Å². The van der Waals surface area contributed by atoms with E-state index < -0.39 is 0 Å². The van der Waals surface area contributed by atoms with Gasteiger partial charge < -0.3 is 14.4 Å². The molecule has 27 heavy (non-hydrogen) atoms. The summed E-state index contributed by atoms with van der Waals surface area (Å²) in [6, 6.07) is 9.78. The Hall–Kier alpha value is -2.60. The average Bonchev–Trinajstić information content (AvgIpc) is 2.73. The molecule has 0 aliphatic carbocycles. The second-order valence-corrected chi connectivity index (χ2v) is 6.70. The van der Waals surface area contributed by atoms with Crippen molar-refractivity contribution in [3.05, 3.63) is 53.9 Å². The van der Waals surface area contributed by atoms with Crippen LogP contribution in [0.15, 0.2) is 42.7 Å². The van der Waals surface area contributed by atoms with Gasteiger partial charge >= 0.3 is 0 Å². The second-order valence-electron chi connectivity index (χ2n) is 6.70. The number of hydrogen-bond donors (Lipinski definition) is 0. The summed E-state index contributed by atoms with van der Waals surface area (Å²) in [7, 11) is 3.35. The summed E-state index contributed by atoms with van der Waals surface area (Å²) >= 11 is 0. The van der Waals surface area contributed by atoms with Crippen LogP contribution in [0.3, 0.4) is 0 Å². The van der Waals surface area contributed by atoms with Crippen LogP contribution in [0.25, 0.3) is 0 Å². The Labute approximate surface area is 160 Å². The summed E-state index contributed by atoms with van der Waals surface area (Å²) in [5, 5.41) is 0. The molecule has 0 bridgehead atoms. The van der Waals surface area contributed by atoms with E-state index in [1.807, 2.05) is 41.4 Å². The first-order chi connectivity index (χ1) is 13.2. The quantitative estimate of drug-likeness (QED) is 0.750. The number of aryl methyl sites for hydroxylation is 1. The molecule has 0 unspecified atom stereocenters. The molecule has 2 heterocycles. The van der Waals surface area contributed by atoms with Crippen LogP contribution in [0.4, 0.5) is 0 Å². The zero-order valence-corrected chi connectivity index (χ0v) is 16.1. The van der Waals surface area contributed by atoms with Crippen molar-refractivity contribution in [2.75, 3.05) is 40.4 Å². The van der Waals surface area contributed by atoms with E-state index in [2.05, 4.69) is 9.88 Å². The number of amides is 1. The van der Waals surface area contributed by atoms with Crippen LogP contribution in [0.5, 0.6) is 11.5 Å². The lowest BCUT2D eigenvalue weighted by molar-refractivity contribution is -0.133. The van der Waals surface area contributed by atoms with Crippen molar-refractivity contribution in [2.24, 2.45) is 0 Å². The van der Waals surface area contributed by atoms with Crippen LogP contribution in [-0.4, -0.2) is 61.1 Å². The number of pyridine rings is 1. The molecule has 6 heteroatoms. The number of hydrogen-bond acceptors (Lipinski definition) is 5. The maximum atomic E-state index is 12.5. The van der Waals surface area contributed by atoms with Gasteiger partial charge in [0, 0.05) is 57.1 Å². The Morgan fingerprint density at radius 3 is 2.59 bits per heavy atom. The van der Waals surface area contributed by atoms with E-state index in [4.69, 9.17) is 9.47 Å². The van der Waals surface area contributed by atoms with E-state index in [-0.39, 0.29) is 5.91 Å². The molecular formula is C21H27N3O3. The summed E-state index contributed by atoms with van der Waals surface area (Å²) in [5.41, 5.74) is 2.21. The highest BCUT2D eigenvalue weighted by Gasteiger charge is 2.21. The molecule has 1 aromatic carbocycles. The van der Waals surface area contributed by atoms with Gasteiger partial charge in [-0.1, -0.05) is 6.07 Å². The molecule has 1 saturated heterocycles. The third-order valence-corrected chi connectivity index (χ3v) is 4.96. The molecule has 0 radical (unpaired) electrons. The Morgan fingerprint density at radius 2 is 1.93 bits per heavy atom. The van der Waals surface area contributed by atoms with Crippen molar-refractivity contribution in [1.82, 2.24) is 14.8 Å². The molecule has 0 spiro atoms. The lowest BCUT2D eigenvalue weighted by Crippen LogP contribution is -2.48. The van der Waals surface area contributed by atoms with Crippen LogP contribution < -0.4 is 9.47 Å². The molecule has 1 amide bonds. The molecule has 0 saturated carbocycles. The van der Waals surface area contributed by atoms with Crippen LogP contribution in [0, 0.1) is 0 Å². The molecular weight excluding hydrogens is 342 g/mol. The van der Waals surface area contributed by atoms with E-state index in [9.17, 15) is 4.79 Å². The van der Waals surface area contributed by atoms with Crippen molar-refractivity contribution in [1.29, 1.82) is 0 Å². The molecule has 2 aromatic rings. The molecule has 1 aromatic heterocycles. The standard InChI is InChI=1S/C21H27N3O3/c1-26-19-6-7-20(27-2)18(14-19)16-23-10-12-24(13-11-23)21(25)8-5-17-4-3-9-22-15-17/h3-4,6-7,9,14-15H,5,8,10-13,16H2,1-2H3. The Kier molecular flexibility index (Phi) is 6.65. The molecule has 1 fully saturated rings. The highest BCUT2D eigenvalue weighted by Crippen LogP contribution is 2.25. The maximum Gasteiger partial charge on any atom is 0.222 e. The Balaban J connectivity index is 1.49. The largest absolute Gasteiger partial charge is 0.497 e. The van der Waals surface area contributed by atoms with Gasteiger partial charge in [0.25, 0.3) is 0 Å². The summed E-state index contributed by atoms with van der Waals surface area (Å²) in [6.07, 6.45) is 4.86. The fourth-order valence-electron chi connectivity index (χ4n) is 3.36. The lowest BCUT2D eigenvalue weighted by atomic mass is 10.1. The topological polar surface area (TPSA) is 54.9 Å². The van der Waals surface area contributed by atoms with Gasteiger partial charge in [-0.05, 0) is 36.2 Å². The fourth-order valence-corrected chi connectivity index (χ4v) is 3.36. The first-order valence-electron chi connectivity index (χ1n) is 9.29. The molecule has 1 aliphatic heterocycles. The zero-order valence-electron chi connectivity index (χ0n) is 16.1. The van der Waals surface area contributed by atoms with Gasteiger partial charge in [0.05, 0.1) is 14.2 Å². The first kappa shape index (κ1) is 19.2. The maximum absolute atomic E-state index is 12.5. The SMILES string of the molecule is COc1ccc(OC)c(CN2CCN(C(=O)CCc3cccnc3)CC2)c1. The predicted molar refractivity (Wildman–Crippen MR) is 104 cm³/mol. The third-order valence-electron chi connectivity index (χ3n) is 4.96. The average molecular weight is 369 g/mol. The van der Waals surface area contributed by atoms with Crippen molar-refractivity contribution in [3.8, 4) is 11.5 Å². The summed E-state index contributed by atoms with van der Waals surface area (Å²) in [5.74, 6) is 1.92. The summed E-state index contributed by atoms with van der Waals surface area (Å²) in [4.78, 5) is 20.9. The highest BCUT2D eigenvalue weighted by molar-refractivity contribution is 5.76. The number of carbonyl (C=O) groups is 1. The van der Waals surface area contributed by atoms with Gasteiger partial charge in [-0.2, -0.15) is 0 Å².